The molecule has 2 amide bonds. The first-order chi connectivity index (χ1) is 14.5. The van der Waals surface area contributed by atoms with Gasteiger partial charge in [-0.1, -0.05) is 23.8 Å². The summed E-state index contributed by atoms with van der Waals surface area (Å²) in [5.74, 6) is 0.120. The number of imide groups is 1. The highest BCUT2D eigenvalue weighted by Crippen LogP contribution is 2.36. The minimum atomic E-state index is -0.294. The Kier molecular flexibility index (Phi) is 5.59. The highest BCUT2D eigenvalue weighted by molar-refractivity contribution is 6.45. The standard InChI is InChI=1S/C24H26N2O4/c1-4-30-19-8-6-18(7-9-19)26-23(27)21(20-10-5-16(2)15-17(20)3)22(24(26)28)25-11-13-29-14-12-25/h5-10,15H,4,11-14H2,1-3H3. The van der Waals surface area contributed by atoms with E-state index >= 15 is 0 Å². The highest BCUT2D eigenvalue weighted by Gasteiger charge is 2.43. The van der Waals surface area contributed by atoms with Crippen molar-refractivity contribution in [2.75, 3.05) is 37.8 Å². The summed E-state index contributed by atoms with van der Waals surface area (Å²) in [7, 11) is 0. The maximum atomic E-state index is 13.6. The molecule has 156 valence electrons. The molecule has 0 aliphatic carbocycles. The molecule has 1 fully saturated rings. The molecule has 0 bridgehead atoms. The topological polar surface area (TPSA) is 59.1 Å². The van der Waals surface area contributed by atoms with Crippen LogP contribution in [-0.4, -0.2) is 49.6 Å². The monoisotopic (exact) mass is 406 g/mol. The van der Waals surface area contributed by atoms with E-state index in [9.17, 15) is 9.59 Å². The van der Waals surface area contributed by atoms with E-state index in [0.717, 1.165) is 16.7 Å². The van der Waals surface area contributed by atoms with Gasteiger partial charge in [-0.15, -0.1) is 0 Å². The van der Waals surface area contributed by atoms with Gasteiger partial charge >= 0.3 is 0 Å². The predicted molar refractivity (Wildman–Crippen MR) is 115 cm³/mol. The zero-order chi connectivity index (χ0) is 21.3. The highest BCUT2D eigenvalue weighted by atomic mass is 16.5. The summed E-state index contributed by atoms with van der Waals surface area (Å²) in [6, 6.07) is 13.0. The van der Waals surface area contributed by atoms with Gasteiger partial charge in [0.05, 0.1) is 31.1 Å². The molecule has 6 nitrogen and oxygen atoms in total. The number of hydrogen-bond donors (Lipinski definition) is 0. The van der Waals surface area contributed by atoms with Gasteiger partial charge in [0.2, 0.25) is 0 Å². The molecule has 0 N–H and O–H groups in total. The van der Waals surface area contributed by atoms with Gasteiger partial charge < -0.3 is 14.4 Å². The minimum Gasteiger partial charge on any atom is -0.494 e. The Bertz CT molecular complexity index is 1000. The van der Waals surface area contributed by atoms with Crippen LogP contribution in [0.2, 0.25) is 0 Å². The lowest BCUT2D eigenvalue weighted by Gasteiger charge is -2.29. The fourth-order valence-corrected chi connectivity index (χ4v) is 4.03. The number of morpholine rings is 1. The van der Waals surface area contributed by atoms with Crippen molar-refractivity contribution in [3.63, 3.8) is 0 Å². The summed E-state index contributed by atoms with van der Waals surface area (Å²) < 4.78 is 11.0. The van der Waals surface area contributed by atoms with Gasteiger partial charge in [-0.05, 0) is 56.2 Å². The van der Waals surface area contributed by atoms with Gasteiger partial charge in [0.15, 0.2) is 0 Å². The number of aryl methyl sites for hydroxylation is 2. The van der Waals surface area contributed by atoms with Crippen molar-refractivity contribution in [3.8, 4) is 5.75 Å². The molecule has 2 aromatic carbocycles. The molecular formula is C24H26N2O4. The third-order valence-electron chi connectivity index (χ3n) is 5.44. The number of amides is 2. The maximum absolute atomic E-state index is 13.6. The summed E-state index contributed by atoms with van der Waals surface area (Å²) in [5, 5.41) is 0. The second-order valence-electron chi connectivity index (χ2n) is 7.51. The normalized spacial score (nSPS) is 17.2. The van der Waals surface area contributed by atoms with Crippen molar-refractivity contribution in [2.24, 2.45) is 0 Å². The molecule has 1 saturated heterocycles. The quantitative estimate of drug-likeness (QED) is 0.713. The molecule has 0 atom stereocenters. The fourth-order valence-electron chi connectivity index (χ4n) is 4.03. The van der Waals surface area contributed by atoms with Crippen molar-refractivity contribution in [2.45, 2.75) is 20.8 Å². The predicted octanol–water partition coefficient (Wildman–Crippen LogP) is 3.32. The van der Waals surface area contributed by atoms with Crippen LogP contribution in [0.4, 0.5) is 5.69 Å². The van der Waals surface area contributed by atoms with Crippen LogP contribution in [0.15, 0.2) is 48.2 Å². The first kappa shape index (κ1) is 20.2. The summed E-state index contributed by atoms with van der Waals surface area (Å²) in [6.45, 7) is 8.70. The first-order valence-electron chi connectivity index (χ1n) is 10.3. The van der Waals surface area contributed by atoms with Crippen molar-refractivity contribution < 1.29 is 19.1 Å². The lowest BCUT2D eigenvalue weighted by Crippen LogP contribution is -2.40. The molecule has 30 heavy (non-hydrogen) atoms. The number of rotatable bonds is 5. The number of ether oxygens (including phenoxy) is 2. The van der Waals surface area contributed by atoms with E-state index in [0.29, 0.717) is 55.6 Å². The van der Waals surface area contributed by atoms with Crippen LogP contribution < -0.4 is 9.64 Å². The Morgan fingerprint density at radius 1 is 0.967 bits per heavy atom. The van der Waals surface area contributed by atoms with Crippen molar-refractivity contribution >= 4 is 23.1 Å². The largest absolute Gasteiger partial charge is 0.494 e. The van der Waals surface area contributed by atoms with E-state index in [2.05, 4.69) is 0 Å². The first-order valence-corrected chi connectivity index (χ1v) is 10.3. The zero-order valence-corrected chi connectivity index (χ0v) is 17.6. The third-order valence-corrected chi connectivity index (χ3v) is 5.44. The van der Waals surface area contributed by atoms with Crippen LogP contribution in [0.25, 0.3) is 5.57 Å². The van der Waals surface area contributed by atoms with Crippen molar-refractivity contribution in [1.82, 2.24) is 4.90 Å². The van der Waals surface area contributed by atoms with Crippen LogP contribution in [0.1, 0.15) is 23.6 Å². The number of anilines is 1. The molecule has 0 unspecified atom stereocenters. The van der Waals surface area contributed by atoms with E-state index in [1.807, 2.05) is 43.9 Å². The number of benzene rings is 2. The number of carbonyl (C=O) groups excluding carboxylic acids is 2. The zero-order valence-electron chi connectivity index (χ0n) is 17.6. The Hall–Kier alpha value is -3.12. The molecule has 2 aromatic rings. The van der Waals surface area contributed by atoms with E-state index < -0.39 is 0 Å². The molecule has 0 saturated carbocycles. The Labute approximate surface area is 176 Å². The Morgan fingerprint density at radius 3 is 2.30 bits per heavy atom. The van der Waals surface area contributed by atoms with Gasteiger partial charge in [-0.2, -0.15) is 0 Å². The summed E-state index contributed by atoms with van der Waals surface area (Å²) in [6.07, 6.45) is 0. The molecule has 6 heteroatoms. The SMILES string of the molecule is CCOc1ccc(N2C(=O)C(c3ccc(C)cc3C)=C(N3CCOCC3)C2=O)cc1. The Morgan fingerprint density at radius 2 is 1.67 bits per heavy atom. The molecular weight excluding hydrogens is 380 g/mol. The van der Waals surface area contributed by atoms with E-state index in [-0.39, 0.29) is 11.8 Å². The average Bonchev–Trinajstić information content (AvgIpc) is 3.00. The lowest BCUT2D eigenvalue weighted by atomic mass is 9.97. The van der Waals surface area contributed by atoms with Gasteiger partial charge in [-0.3, -0.25) is 9.59 Å². The molecule has 2 heterocycles. The van der Waals surface area contributed by atoms with E-state index in [1.165, 1.54) is 4.90 Å². The van der Waals surface area contributed by atoms with Crippen molar-refractivity contribution in [1.29, 1.82) is 0 Å². The van der Waals surface area contributed by atoms with Crippen LogP contribution in [0, 0.1) is 13.8 Å². The van der Waals surface area contributed by atoms with Crippen LogP contribution in [0.5, 0.6) is 5.75 Å². The van der Waals surface area contributed by atoms with Crippen LogP contribution in [-0.2, 0) is 14.3 Å². The lowest BCUT2D eigenvalue weighted by molar-refractivity contribution is -0.121. The van der Waals surface area contributed by atoms with Crippen LogP contribution >= 0.6 is 0 Å². The van der Waals surface area contributed by atoms with Gasteiger partial charge in [0, 0.05) is 13.1 Å². The third kappa shape index (κ3) is 3.59. The van der Waals surface area contributed by atoms with Gasteiger partial charge in [0.1, 0.15) is 11.4 Å². The maximum Gasteiger partial charge on any atom is 0.282 e. The van der Waals surface area contributed by atoms with E-state index in [4.69, 9.17) is 9.47 Å². The van der Waals surface area contributed by atoms with Gasteiger partial charge in [-0.25, -0.2) is 4.90 Å². The number of nitrogens with zero attached hydrogens (tertiary/aromatic N) is 2. The second-order valence-corrected chi connectivity index (χ2v) is 7.51. The molecule has 4 rings (SSSR count). The van der Waals surface area contributed by atoms with E-state index in [1.54, 1.807) is 24.3 Å². The summed E-state index contributed by atoms with van der Waals surface area (Å²) in [5.41, 5.74) is 4.36. The number of hydrogen-bond acceptors (Lipinski definition) is 5. The molecule has 0 spiro atoms. The average molecular weight is 406 g/mol. The number of carbonyl (C=O) groups is 2. The molecule has 2 aliphatic heterocycles. The second kappa shape index (κ2) is 8.32. The Balaban J connectivity index is 1.79. The molecule has 0 aromatic heterocycles. The minimum absolute atomic E-state index is 0.291. The summed E-state index contributed by atoms with van der Waals surface area (Å²) >= 11 is 0. The smallest absolute Gasteiger partial charge is 0.282 e. The fraction of sp³-hybridized carbons (Fsp3) is 0.333. The molecule has 2 aliphatic rings. The molecule has 0 radical (unpaired) electrons. The summed E-state index contributed by atoms with van der Waals surface area (Å²) in [4.78, 5) is 30.3. The van der Waals surface area contributed by atoms with Crippen molar-refractivity contribution in [3.05, 3.63) is 64.9 Å². The van der Waals surface area contributed by atoms with Gasteiger partial charge in [0.25, 0.3) is 11.8 Å². The van der Waals surface area contributed by atoms with Crippen LogP contribution in [0.3, 0.4) is 0 Å².